The van der Waals surface area contributed by atoms with Gasteiger partial charge in [0.15, 0.2) is 5.01 Å². The largest absolute Gasteiger partial charge is 0.444 e. The quantitative estimate of drug-likeness (QED) is 0.307. The molecule has 0 bridgehead atoms. The zero-order valence-corrected chi connectivity index (χ0v) is 24.0. The van der Waals surface area contributed by atoms with Crippen molar-refractivity contribution in [1.29, 1.82) is 0 Å². The highest BCUT2D eigenvalue weighted by molar-refractivity contribution is 7.14. The summed E-state index contributed by atoms with van der Waals surface area (Å²) in [4.78, 5) is 30.2. The van der Waals surface area contributed by atoms with Gasteiger partial charge >= 0.3 is 12.3 Å². The fourth-order valence-electron chi connectivity index (χ4n) is 4.23. The zero-order chi connectivity index (χ0) is 29.8. The lowest BCUT2D eigenvalue weighted by atomic mass is 9.95. The van der Waals surface area contributed by atoms with E-state index in [-0.39, 0.29) is 18.5 Å². The van der Waals surface area contributed by atoms with Gasteiger partial charge in [0.25, 0.3) is 5.91 Å². The molecule has 0 saturated heterocycles. The van der Waals surface area contributed by atoms with Crippen molar-refractivity contribution in [2.45, 2.75) is 58.5 Å². The number of amides is 2. The number of hydrogen-bond acceptors (Lipinski definition) is 6. The molecule has 1 aromatic heterocycles. The number of carbonyl (C=O) groups excluding carboxylic acids is 2. The maximum atomic E-state index is 13.5. The van der Waals surface area contributed by atoms with Crippen molar-refractivity contribution in [3.63, 3.8) is 0 Å². The third kappa shape index (κ3) is 8.17. The number of alkyl halides is 3. The van der Waals surface area contributed by atoms with E-state index in [0.29, 0.717) is 34.9 Å². The standard InChI is InChI=1S/C30H32F3N3O4S/c1-18(36-26(37)27-34-17-25(41-27)21-11-13-39-14-12-21)19-5-7-20(8-6-19)24-15-23(30(31,32)33)10-9-22(24)16-35-28(38)40-29(2,3)4/h5-11,15,17-18H,12-14,16H2,1-4H3,(H,35,38)(H,36,37)/t18-/m1/s1. The second-order valence-electron chi connectivity index (χ2n) is 10.6. The summed E-state index contributed by atoms with van der Waals surface area (Å²) in [6.45, 7) is 8.16. The highest BCUT2D eigenvalue weighted by atomic mass is 32.1. The minimum atomic E-state index is -4.53. The van der Waals surface area contributed by atoms with E-state index >= 15 is 0 Å². The van der Waals surface area contributed by atoms with Crippen LogP contribution in [0.3, 0.4) is 0 Å². The summed E-state index contributed by atoms with van der Waals surface area (Å²) in [5, 5.41) is 5.89. The normalized spacial score (nSPS) is 14.7. The SMILES string of the molecule is C[C@@H](NC(=O)c1ncc(C2=CCOCC2)s1)c1ccc(-c2cc(C(F)(F)F)ccc2CNC(=O)OC(C)(C)C)cc1. The van der Waals surface area contributed by atoms with Crippen LogP contribution in [0, 0.1) is 0 Å². The molecule has 1 aliphatic heterocycles. The number of rotatable bonds is 7. The van der Waals surface area contributed by atoms with E-state index in [1.165, 1.54) is 17.4 Å². The summed E-state index contributed by atoms with van der Waals surface area (Å²) in [6.07, 6.45) is -0.731. The Balaban J connectivity index is 1.49. The van der Waals surface area contributed by atoms with Gasteiger partial charge in [-0.05, 0) is 74.1 Å². The summed E-state index contributed by atoms with van der Waals surface area (Å²) in [5.74, 6) is -0.307. The van der Waals surface area contributed by atoms with E-state index in [9.17, 15) is 22.8 Å². The number of nitrogens with zero attached hydrogens (tertiary/aromatic N) is 1. The first-order chi connectivity index (χ1) is 19.3. The van der Waals surface area contributed by atoms with Gasteiger partial charge in [-0.1, -0.05) is 36.4 Å². The van der Waals surface area contributed by atoms with Gasteiger partial charge in [0, 0.05) is 12.7 Å². The molecule has 2 heterocycles. The molecule has 1 aliphatic rings. The van der Waals surface area contributed by atoms with E-state index < -0.39 is 23.4 Å². The van der Waals surface area contributed by atoms with Crippen molar-refractivity contribution < 1.29 is 32.2 Å². The van der Waals surface area contributed by atoms with Crippen LogP contribution in [0.4, 0.5) is 18.0 Å². The zero-order valence-electron chi connectivity index (χ0n) is 23.2. The first kappa shape index (κ1) is 30.3. The Morgan fingerprint density at radius 2 is 1.85 bits per heavy atom. The van der Waals surface area contributed by atoms with Crippen molar-refractivity contribution in [2.75, 3.05) is 13.2 Å². The molecule has 4 rings (SSSR count). The lowest BCUT2D eigenvalue weighted by Gasteiger charge is -2.20. The Bertz CT molecular complexity index is 1430. The van der Waals surface area contributed by atoms with Gasteiger partial charge in [-0.3, -0.25) is 4.79 Å². The first-order valence-corrected chi connectivity index (χ1v) is 13.9. The van der Waals surface area contributed by atoms with Gasteiger partial charge in [-0.15, -0.1) is 11.3 Å². The number of nitrogens with one attached hydrogen (secondary N) is 2. The minimum absolute atomic E-state index is 0.0175. The fraction of sp³-hybridized carbons (Fsp3) is 0.367. The molecule has 2 amide bonds. The Labute approximate surface area is 240 Å². The second-order valence-corrected chi connectivity index (χ2v) is 11.7. The molecular formula is C30H32F3N3O4S. The summed E-state index contributed by atoms with van der Waals surface area (Å²) >= 11 is 1.32. The maximum Gasteiger partial charge on any atom is 0.416 e. The lowest BCUT2D eigenvalue weighted by Crippen LogP contribution is -2.32. The maximum absolute atomic E-state index is 13.5. The summed E-state index contributed by atoms with van der Waals surface area (Å²) < 4.78 is 51.1. The molecule has 11 heteroatoms. The Hall–Kier alpha value is -3.70. The molecule has 0 spiro atoms. The molecule has 0 aliphatic carbocycles. The van der Waals surface area contributed by atoms with Crippen molar-refractivity contribution in [3.05, 3.63) is 81.3 Å². The van der Waals surface area contributed by atoms with Crippen LogP contribution in [-0.2, 0) is 22.2 Å². The van der Waals surface area contributed by atoms with Gasteiger partial charge in [0.2, 0.25) is 0 Å². The third-order valence-electron chi connectivity index (χ3n) is 6.31. The molecule has 41 heavy (non-hydrogen) atoms. The summed E-state index contributed by atoms with van der Waals surface area (Å²) in [7, 11) is 0. The van der Waals surface area contributed by atoms with Crippen LogP contribution in [-0.4, -0.2) is 35.8 Å². The predicted molar refractivity (Wildman–Crippen MR) is 151 cm³/mol. The monoisotopic (exact) mass is 587 g/mol. The molecule has 0 radical (unpaired) electrons. The molecular weight excluding hydrogens is 555 g/mol. The molecule has 2 N–H and O–H groups in total. The van der Waals surface area contributed by atoms with Gasteiger partial charge < -0.3 is 20.1 Å². The number of halogens is 3. The smallest absolute Gasteiger partial charge is 0.416 e. The van der Waals surface area contributed by atoms with Crippen LogP contribution in [0.1, 0.15) is 71.5 Å². The fourth-order valence-corrected chi connectivity index (χ4v) is 5.12. The number of aromatic nitrogens is 1. The van der Waals surface area contributed by atoms with Crippen molar-refractivity contribution in [2.24, 2.45) is 0 Å². The molecule has 0 unspecified atom stereocenters. The number of ether oxygens (including phenoxy) is 2. The van der Waals surface area contributed by atoms with E-state index in [1.54, 1.807) is 51.2 Å². The Kier molecular flexibility index (Phi) is 9.18. The van der Waals surface area contributed by atoms with Crippen LogP contribution in [0.15, 0.2) is 54.7 Å². The summed E-state index contributed by atoms with van der Waals surface area (Å²) in [5.41, 5.74) is 1.75. The van der Waals surface area contributed by atoms with Crippen molar-refractivity contribution in [1.82, 2.24) is 15.6 Å². The number of carbonyl (C=O) groups is 2. The van der Waals surface area contributed by atoms with Crippen LogP contribution < -0.4 is 10.6 Å². The third-order valence-corrected chi connectivity index (χ3v) is 7.38. The molecule has 218 valence electrons. The van der Waals surface area contributed by atoms with Gasteiger partial charge in [-0.25, -0.2) is 9.78 Å². The highest BCUT2D eigenvalue weighted by Crippen LogP contribution is 2.35. The molecule has 0 saturated carbocycles. The molecule has 0 fully saturated rings. The van der Waals surface area contributed by atoms with Crippen LogP contribution >= 0.6 is 11.3 Å². The van der Waals surface area contributed by atoms with Crippen LogP contribution in [0.2, 0.25) is 0 Å². The predicted octanol–water partition coefficient (Wildman–Crippen LogP) is 7.15. The molecule has 3 aromatic rings. The average molecular weight is 588 g/mol. The van der Waals surface area contributed by atoms with E-state index in [2.05, 4.69) is 15.6 Å². The second kappa shape index (κ2) is 12.4. The number of benzene rings is 2. The molecule has 2 aromatic carbocycles. The van der Waals surface area contributed by atoms with E-state index in [0.717, 1.165) is 34.6 Å². The number of hydrogen-bond donors (Lipinski definition) is 2. The van der Waals surface area contributed by atoms with Gasteiger partial charge in [0.05, 0.1) is 29.7 Å². The lowest BCUT2D eigenvalue weighted by molar-refractivity contribution is -0.137. The Morgan fingerprint density at radius 3 is 2.49 bits per heavy atom. The van der Waals surface area contributed by atoms with E-state index in [1.807, 2.05) is 13.0 Å². The van der Waals surface area contributed by atoms with Gasteiger partial charge in [-0.2, -0.15) is 13.2 Å². The highest BCUT2D eigenvalue weighted by Gasteiger charge is 2.31. The first-order valence-electron chi connectivity index (χ1n) is 13.1. The van der Waals surface area contributed by atoms with E-state index in [4.69, 9.17) is 9.47 Å². The minimum Gasteiger partial charge on any atom is -0.444 e. The number of thiazole rings is 1. The van der Waals surface area contributed by atoms with Gasteiger partial charge in [0.1, 0.15) is 5.60 Å². The number of alkyl carbamates (subject to hydrolysis) is 1. The average Bonchev–Trinajstić information content (AvgIpc) is 3.42. The van der Waals surface area contributed by atoms with Crippen LogP contribution in [0.25, 0.3) is 16.7 Å². The molecule has 1 atom stereocenters. The summed E-state index contributed by atoms with van der Waals surface area (Å²) in [6, 6.07) is 9.95. The Morgan fingerprint density at radius 1 is 1.12 bits per heavy atom. The topological polar surface area (TPSA) is 89.5 Å². The molecule has 7 nitrogen and oxygen atoms in total. The van der Waals surface area contributed by atoms with Crippen molar-refractivity contribution in [3.8, 4) is 11.1 Å². The van der Waals surface area contributed by atoms with Crippen molar-refractivity contribution >= 4 is 28.9 Å². The van der Waals surface area contributed by atoms with Crippen LogP contribution in [0.5, 0.6) is 0 Å².